The Balaban J connectivity index is 1.50. The number of hydrogen-bond acceptors (Lipinski definition) is 4. The first-order valence-electron chi connectivity index (χ1n) is 10.6. The fourth-order valence-corrected chi connectivity index (χ4v) is 6.67. The summed E-state index contributed by atoms with van der Waals surface area (Å²) in [6.45, 7) is 11.5. The molecule has 2 bridgehead atoms. The van der Waals surface area contributed by atoms with Gasteiger partial charge in [-0.15, -0.1) is 0 Å². The van der Waals surface area contributed by atoms with Crippen molar-refractivity contribution in [2.45, 2.75) is 52.6 Å². The normalized spacial score (nSPS) is 35.0. The number of phenols is 1. The number of methoxy groups -OCH3 is 1. The average molecular weight is 397 g/mol. The monoisotopic (exact) mass is 396 g/mol. The highest BCUT2D eigenvalue weighted by atomic mass is 16.5. The summed E-state index contributed by atoms with van der Waals surface area (Å²) < 4.78 is 11.0. The van der Waals surface area contributed by atoms with Crippen LogP contribution in [-0.2, 0) is 9.53 Å². The number of esters is 1. The number of aromatic hydroxyl groups is 1. The van der Waals surface area contributed by atoms with Crippen LogP contribution in [0.4, 0.5) is 0 Å². The van der Waals surface area contributed by atoms with Crippen molar-refractivity contribution in [3.8, 4) is 11.5 Å². The fraction of sp³-hybridized carbons (Fsp3) is 0.560. The molecule has 156 valence electrons. The van der Waals surface area contributed by atoms with E-state index in [4.69, 9.17) is 9.47 Å². The predicted octanol–water partition coefficient (Wildman–Crippen LogP) is 5.36. The number of benzene rings is 1. The molecule has 0 heterocycles. The number of hydrogen-bond donors (Lipinski definition) is 1. The molecule has 1 spiro atoms. The minimum atomic E-state index is -0.346. The molecule has 4 nitrogen and oxygen atoms in total. The molecule has 3 fully saturated rings. The van der Waals surface area contributed by atoms with Gasteiger partial charge in [0.05, 0.1) is 7.11 Å². The molecule has 3 aliphatic rings. The third kappa shape index (κ3) is 3.08. The van der Waals surface area contributed by atoms with E-state index in [9.17, 15) is 9.90 Å². The van der Waals surface area contributed by atoms with Gasteiger partial charge in [0.2, 0.25) is 0 Å². The van der Waals surface area contributed by atoms with Crippen LogP contribution in [0.15, 0.2) is 36.4 Å². The molecule has 0 radical (unpaired) electrons. The molecule has 29 heavy (non-hydrogen) atoms. The molecule has 3 unspecified atom stereocenters. The molecule has 1 N–H and O–H groups in total. The van der Waals surface area contributed by atoms with E-state index >= 15 is 0 Å². The van der Waals surface area contributed by atoms with E-state index in [2.05, 4.69) is 27.4 Å². The van der Waals surface area contributed by atoms with Gasteiger partial charge in [0.1, 0.15) is 6.10 Å². The van der Waals surface area contributed by atoms with Crippen molar-refractivity contribution in [2.75, 3.05) is 7.11 Å². The molecule has 1 aromatic carbocycles. The predicted molar refractivity (Wildman–Crippen MR) is 114 cm³/mol. The quantitative estimate of drug-likeness (QED) is 0.423. The second-order valence-corrected chi connectivity index (χ2v) is 9.81. The number of phenolic OH excluding ortho intramolecular Hbond substituents is 1. The maximum atomic E-state index is 12.6. The van der Waals surface area contributed by atoms with E-state index in [0.29, 0.717) is 23.5 Å². The van der Waals surface area contributed by atoms with Crippen molar-refractivity contribution >= 4 is 12.0 Å². The zero-order chi connectivity index (χ0) is 21.0. The van der Waals surface area contributed by atoms with Gasteiger partial charge in [0.25, 0.3) is 0 Å². The zero-order valence-electron chi connectivity index (χ0n) is 17.9. The lowest BCUT2D eigenvalue weighted by Gasteiger charge is -2.41. The van der Waals surface area contributed by atoms with Crippen molar-refractivity contribution in [2.24, 2.45) is 28.6 Å². The van der Waals surface area contributed by atoms with Crippen molar-refractivity contribution in [1.82, 2.24) is 0 Å². The Morgan fingerprint density at radius 3 is 2.76 bits per heavy atom. The van der Waals surface area contributed by atoms with Gasteiger partial charge in [0, 0.05) is 6.08 Å². The van der Waals surface area contributed by atoms with Crippen LogP contribution in [-0.4, -0.2) is 24.3 Å². The van der Waals surface area contributed by atoms with E-state index in [-0.39, 0.29) is 28.7 Å². The Morgan fingerprint density at radius 1 is 1.28 bits per heavy atom. The van der Waals surface area contributed by atoms with Gasteiger partial charge in [-0.25, -0.2) is 4.79 Å². The first-order valence-corrected chi connectivity index (χ1v) is 10.6. The summed E-state index contributed by atoms with van der Waals surface area (Å²) in [6.07, 6.45) is 7.59. The number of ether oxygens (including phenoxy) is 2. The molecule has 0 aromatic heterocycles. The Labute approximate surface area is 173 Å². The minimum absolute atomic E-state index is 0.0725. The SMILES string of the molecule is C=C1C(OC(=O)/C=C/c2ccc(O)c(OC)c2)CC23CC1C(C)(C)[C@@H]2CC[C@H]3C. The first-order chi connectivity index (χ1) is 13.7. The molecule has 3 saturated carbocycles. The molecule has 4 heteroatoms. The Bertz CT molecular complexity index is 868. The van der Waals surface area contributed by atoms with Crippen LogP contribution < -0.4 is 4.74 Å². The second-order valence-electron chi connectivity index (χ2n) is 9.81. The average Bonchev–Trinajstić information content (AvgIpc) is 3.09. The second kappa shape index (κ2) is 6.93. The smallest absolute Gasteiger partial charge is 0.331 e. The third-order valence-electron chi connectivity index (χ3n) is 8.24. The largest absolute Gasteiger partial charge is 0.504 e. The van der Waals surface area contributed by atoms with E-state index < -0.39 is 0 Å². The van der Waals surface area contributed by atoms with Crippen molar-refractivity contribution in [3.05, 3.63) is 42.0 Å². The summed E-state index contributed by atoms with van der Waals surface area (Å²) in [6, 6.07) is 4.96. The molecular formula is C25H32O4. The lowest BCUT2D eigenvalue weighted by Crippen LogP contribution is -2.38. The number of rotatable bonds is 4. The topological polar surface area (TPSA) is 55.8 Å². The highest BCUT2D eigenvalue weighted by Crippen LogP contribution is 2.72. The zero-order valence-corrected chi connectivity index (χ0v) is 17.9. The van der Waals surface area contributed by atoms with E-state index in [0.717, 1.165) is 17.6 Å². The molecule has 5 atom stereocenters. The van der Waals surface area contributed by atoms with E-state index in [1.165, 1.54) is 32.4 Å². The van der Waals surface area contributed by atoms with Gasteiger partial charge in [-0.3, -0.25) is 0 Å². The van der Waals surface area contributed by atoms with Gasteiger partial charge in [-0.2, -0.15) is 0 Å². The number of carbonyl (C=O) groups excluding carboxylic acids is 1. The standard InChI is InChI=1S/C25H32O4/c1-15-6-10-22-24(3,4)18-13-25(15,22)14-21(16(18)2)29-23(27)11-8-17-7-9-19(26)20(12-17)28-5/h7-9,11-12,15,18,21-22,26H,2,6,10,13-14H2,1,3-5H3/b11-8+/t15-,18?,21?,22+,25?/m1/s1. The Hall–Kier alpha value is -2.23. The molecular weight excluding hydrogens is 364 g/mol. The van der Waals surface area contributed by atoms with Gasteiger partial charge >= 0.3 is 5.97 Å². The van der Waals surface area contributed by atoms with Gasteiger partial charge in [-0.05, 0) is 83.6 Å². The first kappa shape index (κ1) is 20.1. The van der Waals surface area contributed by atoms with Crippen molar-refractivity contribution in [1.29, 1.82) is 0 Å². The van der Waals surface area contributed by atoms with Crippen LogP contribution in [0.1, 0.15) is 52.0 Å². The molecule has 3 aliphatic carbocycles. The van der Waals surface area contributed by atoms with Crippen LogP contribution in [0.2, 0.25) is 0 Å². The molecule has 0 amide bonds. The lowest BCUT2D eigenvalue weighted by molar-refractivity contribution is -0.144. The van der Waals surface area contributed by atoms with Crippen LogP contribution >= 0.6 is 0 Å². The van der Waals surface area contributed by atoms with Crippen LogP contribution in [0, 0.1) is 28.6 Å². The molecule has 0 aliphatic heterocycles. The van der Waals surface area contributed by atoms with Crippen LogP contribution in [0.5, 0.6) is 11.5 Å². The summed E-state index contributed by atoms with van der Waals surface area (Å²) in [5.74, 6) is 1.89. The maximum Gasteiger partial charge on any atom is 0.331 e. The lowest BCUT2D eigenvalue weighted by atomic mass is 9.66. The Morgan fingerprint density at radius 2 is 2.03 bits per heavy atom. The molecule has 0 saturated heterocycles. The maximum absolute atomic E-state index is 12.6. The van der Waals surface area contributed by atoms with Crippen molar-refractivity contribution < 1.29 is 19.4 Å². The van der Waals surface area contributed by atoms with Gasteiger partial charge < -0.3 is 14.6 Å². The summed E-state index contributed by atoms with van der Waals surface area (Å²) in [4.78, 5) is 12.6. The fourth-order valence-electron chi connectivity index (χ4n) is 6.67. The summed E-state index contributed by atoms with van der Waals surface area (Å²) in [5, 5.41) is 9.70. The molecule has 1 aromatic rings. The van der Waals surface area contributed by atoms with Crippen LogP contribution in [0.25, 0.3) is 6.08 Å². The van der Waals surface area contributed by atoms with Gasteiger partial charge in [-0.1, -0.05) is 33.4 Å². The van der Waals surface area contributed by atoms with E-state index in [1.54, 1.807) is 24.3 Å². The summed E-state index contributed by atoms with van der Waals surface area (Å²) in [7, 11) is 1.50. The van der Waals surface area contributed by atoms with Crippen LogP contribution in [0.3, 0.4) is 0 Å². The minimum Gasteiger partial charge on any atom is -0.504 e. The third-order valence-corrected chi connectivity index (χ3v) is 8.24. The number of carbonyl (C=O) groups is 1. The number of fused-ring (bicyclic) bond motifs is 1. The van der Waals surface area contributed by atoms with Crippen molar-refractivity contribution in [3.63, 3.8) is 0 Å². The van der Waals surface area contributed by atoms with Gasteiger partial charge in [0.15, 0.2) is 11.5 Å². The highest BCUT2D eigenvalue weighted by molar-refractivity contribution is 5.87. The summed E-state index contributed by atoms with van der Waals surface area (Å²) in [5.41, 5.74) is 2.37. The Kier molecular flexibility index (Phi) is 4.79. The molecule has 4 rings (SSSR count). The highest BCUT2D eigenvalue weighted by Gasteiger charge is 2.66. The summed E-state index contributed by atoms with van der Waals surface area (Å²) >= 11 is 0. The van der Waals surface area contributed by atoms with E-state index in [1.807, 2.05) is 0 Å².